The number of methoxy groups -OCH3 is 1. The molecule has 6 nitrogen and oxygen atoms in total. The fourth-order valence-electron chi connectivity index (χ4n) is 3.50. The maximum Gasteiger partial charge on any atom is 0.223 e. The van der Waals surface area contributed by atoms with Gasteiger partial charge in [0.2, 0.25) is 5.91 Å². The normalized spacial score (nSPS) is 15.0. The van der Waals surface area contributed by atoms with E-state index in [0.29, 0.717) is 13.2 Å². The molecule has 1 aromatic carbocycles. The number of hydrogen-bond donors (Lipinski definition) is 1. The Bertz CT molecular complexity index is 1000. The number of nitrogens with one attached hydrogen (secondary N) is 1. The molecule has 3 heterocycles. The lowest BCUT2D eigenvalue weighted by atomic mass is 9.96. The summed E-state index contributed by atoms with van der Waals surface area (Å²) in [5.41, 5.74) is 2.32. The van der Waals surface area contributed by atoms with Gasteiger partial charge in [0.1, 0.15) is 16.2 Å². The predicted octanol–water partition coefficient (Wildman–Crippen LogP) is 3.48. The summed E-state index contributed by atoms with van der Waals surface area (Å²) in [6.45, 7) is 2.66. The van der Waals surface area contributed by atoms with Gasteiger partial charge in [-0.05, 0) is 37.1 Å². The fourth-order valence-corrected chi connectivity index (χ4v) is 4.49. The van der Waals surface area contributed by atoms with Gasteiger partial charge in [-0.2, -0.15) is 0 Å². The van der Waals surface area contributed by atoms with E-state index in [2.05, 4.69) is 15.2 Å². The van der Waals surface area contributed by atoms with Crippen molar-refractivity contribution in [1.82, 2.24) is 15.3 Å². The van der Waals surface area contributed by atoms with Crippen molar-refractivity contribution >= 4 is 32.7 Å². The number of pyridine rings is 1. The molecule has 3 aromatic rings. The number of benzene rings is 1. The minimum atomic E-state index is -0.275. The SMILES string of the molecule is COCCNC(=O)C1CCN(c2nc3ccc(-c4cccc(F)c4)nc3s2)CC1. The summed E-state index contributed by atoms with van der Waals surface area (Å²) in [5.74, 6) is -0.133. The van der Waals surface area contributed by atoms with Crippen LogP contribution in [0.5, 0.6) is 0 Å². The summed E-state index contributed by atoms with van der Waals surface area (Å²) in [7, 11) is 1.62. The second-order valence-electron chi connectivity index (χ2n) is 7.07. The molecule has 0 unspecified atom stereocenters. The van der Waals surface area contributed by atoms with Crippen molar-refractivity contribution in [2.24, 2.45) is 5.92 Å². The zero-order valence-electron chi connectivity index (χ0n) is 16.2. The Hall–Kier alpha value is -2.58. The summed E-state index contributed by atoms with van der Waals surface area (Å²) in [4.78, 5) is 24.7. The van der Waals surface area contributed by atoms with Crippen LogP contribution in [0.1, 0.15) is 12.8 Å². The van der Waals surface area contributed by atoms with E-state index < -0.39 is 0 Å². The predicted molar refractivity (Wildman–Crippen MR) is 113 cm³/mol. The molecule has 1 N–H and O–H groups in total. The highest BCUT2D eigenvalue weighted by atomic mass is 32.1. The average molecular weight is 415 g/mol. The molecule has 1 fully saturated rings. The lowest BCUT2D eigenvalue weighted by molar-refractivity contribution is -0.125. The Kier molecular flexibility index (Phi) is 6.01. The number of nitrogens with zero attached hydrogens (tertiary/aromatic N) is 3. The topological polar surface area (TPSA) is 67.3 Å². The van der Waals surface area contributed by atoms with Crippen molar-refractivity contribution in [3.8, 4) is 11.3 Å². The minimum absolute atomic E-state index is 0.0372. The van der Waals surface area contributed by atoms with E-state index in [4.69, 9.17) is 9.72 Å². The molecule has 0 aliphatic carbocycles. The fraction of sp³-hybridized carbons (Fsp3) is 0.381. The smallest absolute Gasteiger partial charge is 0.223 e. The van der Waals surface area contributed by atoms with Crippen LogP contribution >= 0.6 is 11.3 Å². The number of piperidine rings is 1. The van der Waals surface area contributed by atoms with Crippen molar-refractivity contribution in [2.75, 3.05) is 38.3 Å². The van der Waals surface area contributed by atoms with Crippen molar-refractivity contribution < 1.29 is 13.9 Å². The first kappa shape index (κ1) is 19.7. The zero-order valence-corrected chi connectivity index (χ0v) is 17.0. The third-order valence-electron chi connectivity index (χ3n) is 5.11. The molecule has 1 amide bonds. The molecule has 152 valence electrons. The lowest BCUT2D eigenvalue weighted by Crippen LogP contribution is -2.41. The molecule has 2 aromatic heterocycles. The summed E-state index contributed by atoms with van der Waals surface area (Å²) in [6.07, 6.45) is 1.60. The molecule has 0 atom stereocenters. The molecule has 4 rings (SSSR count). The van der Waals surface area contributed by atoms with Gasteiger partial charge in [0.05, 0.1) is 12.3 Å². The molecule has 0 spiro atoms. The van der Waals surface area contributed by atoms with Gasteiger partial charge in [-0.3, -0.25) is 4.79 Å². The first-order chi connectivity index (χ1) is 14.1. The Labute approximate surface area is 172 Å². The largest absolute Gasteiger partial charge is 0.383 e. The van der Waals surface area contributed by atoms with Gasteiger partial charge in [-0.25, -0.2) is 14.4 Å². The number of aromatic nitrogens is 2. The first-order valence-electron chi connectivity index (χ1n) is 9.69. The molecule has 0 radical (unpaired) electrons. The number of hydrogen-bond acceptors (Lipinski definition) is 6. The van der Waals surface area contributed by atoms with Gasteiger partial charge in [0, 0.05) is 38.2 Å². The van der Waals surface area contributed by atoms with Crippen molar-refractivity contribution in [3.05, 3.63) is 42.2 Å². The van der Waals surface area contributed by atoms with E-state index in [0.717, 1.165) is 52.7 Å². The molecular weight excluding hydrogens is 391 g/mol. The molecule has 0 saturated carbocycles. The summed E-state index contributed by atoms with van der Waals surface area (Å²) in [5, 5.41) is 3.84. The van der Waals surface area contributed by atoms with Crippen LogP contribution in [0.4, 0.5) is 9.52 Å². The summed E-state index contributed by atoms with van der Waals surface area (Å²) in [6, 6.07) is 10.2. The molecule has 1 saturated heterocycles. The first-order valence-corrected chi connectivity index (χ1v) is 10.5. The highest BCUT2D eigenvalue weighted by Crippen LogP contribution is 2.32. The van der Waals surface area contributed by atoms with Crippen LogP contribution < -0.4 is 10.2 Å². The van der Waals surface area contributed by atoms with Crippen molar-refractivity contribution in [2.45, 2.75) is 12.8 Å². The lowest BCUT2D eigenvalue weighted by Gasteiger charge is -2.30. The number of thiazole rings is 1. The number of anilines is 1. The number of halogens is 1. The summed E-state index contributed by atoms with van der Waals surface area (Å²) < 4.78 is 18.5. The number of fused-ring (bicyclic) bond motifs is 1. The van der Waals surface area contributed by atoms with Crippen LogP contribution in [0.25, 0.3) is 21.6 Å². The minimum Gasteiger partial charge on any atom is -0.383 e. The van der Waals surface area contributed by atoms with Gasteiger partial charge in [-0.15, -0.1) is 0 Å². The molecule has 1 aliphatic rings. The molecule has 0 bridgehead atoms. The van der Waals surface area contributed by atoms with Gasteiger partial charge < -0.3 is 15.0 Å². The maximum atomic E-state index is 13.5. The highest BCUT2D eigenvalue weighted by molar-refractivity contribution is 7.21. The molecule has 8 heteroatoms. The monoisotopic (exact) mass is 414 g/mol. The zero-order chi connectivity index (χ0) is 20.2. The van der Waals surface area contributed by atoms with Crippen molar-refractivity contribution in [1.29, 1.82) is 0 Å². The van der Waals surface area contributed by atoms with Crippen LogP contribution in [0, 0.1) is 11.7 Å². The number of amides is 1. The third-order valence-corrected chi connectivity index (χ3v) is 6.13. The van der Waals surface area contributed by atoms with Gasteiger partial charge >= 0.3 is 0 Å². The van der Waals surface area contributed by atoms with E-state index in [1.807, 2.05) is 18.2 Å². The van der Waals surface area contributed by atoms with Crippen LogP contribution in [0.2, 0.25) is 0 Å². The second-order valence-corrected chi connectivity index (χ2v) is 8.03. The number of carbonyl (C=O) groups excluding carboxylic acids is 1. The van der Waals surface area contributed by atoms with Crippen LogP contribution in [0.3, 0.4) is 0 Å². The average Bonchev–Trinajstić information content (AvgIpc) is 3.17. The van der Waals surface area contributed by atoms with E-state index >= 15 is 0 Å². The third kappa shape index (κ3) is 4.54. The van der Waals surface area contributed by atoms with Gasteiger partial charge in [-0.1, -0.05) is 23.5 Å². The molecule has 29 heavy (non-hydrogen) atoms. The second kappa shape index (κ2) is 8.84. The summed E-state index contributed by atoms with van der Waals surface area (Å²) >= 11 is 1.54. The van der Waals surface area contributed by atoms with E-state index in [9.17, 15) is 9.18 Å². The Balaban J connectivity index is 1.43. The Morgan fingerprint density at radius 2 is 2.10 bits per heavy atom. The van der Waals surface area contributed by atoms with E-state index in [1.165, 1.54) is 23.5 Å². The van der Waals surface area contributed by atoms with E-state index in [-0.39, 0.29) is 17.6 Å². The molecule has 1 aliphatic heterocycles. The van der Waals surface area contributed by atoms with Crippen molar-refractivity contribution in [3.63, 3.8) is 0 Å². The quantitative estimate of drug-likeness (QED) is 0.626. The number of carbonyl (C=O) groups is 1. The van der Waals surface area contributed by atoms with E-state index in [1.54, 1.807) is 13.2 Å². The van der Waals surface area contributed by atoms with Crippen LogP contribution in [-0.4, -0.2) is 49.2 Å². The number of rotatable bonds is 6. The Morgan fingerprint density at radius 3 is 2.86 bits per heavy atom. The number of ether oxygens (including phenoxy) is 1. The Morgan fingerprint density at radius 1 is 1.28 bits per heavy atom. The van der Waals surface area contributed by atoms with Gasteiger partial charge in [0.25, 0.3) is 0 Å². The molecular formula is C21H23FN4O2S. The highest BCUT2D eigenvalue weighted by Gasteiger charge is 2.26. The maximum absolute atomic E-state index is 13.5. The standard InChI is InChI=1S/C21H23FN4O2S/c1-28-12-9-23-19(27)14-7-10-26(11-8-14)21-25-18-6-5-17(24-20(18)29-21)15-3-2-4-16(22)13-15/h2-6,13-14H,7-12H2,1H3,(H,23,27). The van der Waals surface area contributed by atoms with Gasteiger partial charge in [0.15, 0.2) is 5.13 Å². The van der Waals surface area contributed by atoms with Crippen LogP contribution in [-0.2, 0) is 9.53 Å². The van der Waals surface area contributed by atoms with Crippen LogP contribution in [0.15, 0.2) is 36.4 Å².